The number of benzene rings is 3. The first kappa shape index (κ1) is 20.0. The van der Waals surface area contributed by atoms with Crippen LogP contribution in [0.1, 0.15) is 5.56 Å². The summed E-state index contributed by atoms with van der Waals surface area (Å²) in [5.41, 5.74) is 3.97. The largest absolute Gasteiger partial charge is 0.165 e. The number of fused-ring (bicyclic) bond motifs is 2. The quantitative estimate of drug-likeness (QED) is 0.203. The maximum Gasteiger partial charge on any atom is 0 e. The summed E-state index contributed by atoms with van der Waals surface area (Å²) in [6.07, 6.45) is 0. The Morgan fingerprint density at radius 2 is 1.30 bits per heavy atom. The van der Waals surface area contributed by atoms with Gasteiger partial charge < -0.3 is 0 Å². The van der Waals surface area contributed by atoms with E-state index in [2.05, 4.69) is 79.7 Å². The summed E-state index contributed by atoms with van der Waals surface area (Å²) < 4.78 is 0. The first-order valence-electron chi connectivity index (χ1n) is 6.97. The van der Waals surface area contributed by atoms with Gasteiger partial charge in [0.1, 0.15) is 0 Å². The maximum atomic E-state index is 2.28. The van der Waals surface area contributed by atoms with Crippen LogP contribution < -0.4 is 0 Å². The van der Waals surface area contributed by atoms with Crippen molar-refractivity contribution in [3.8, 4) is 11.1 Å². The standard InChI is InChI=1S/C20H15.2ClH.Hf/c1-14-12-16-8-5-11-19(20(16)13-14)18-10-4-7-15-6-2-3-9-17(15)18;;;/h2-13H,1H3;2*1H;/q-1;;;. The van der Waals surface area contributed by atoms with Crippen molar-refractivity contribution in [1.29, 1.82) is 0 Å². The average molecular weight is 507 g/mol. The third kappa shape index (κ3) is 3.57. The first-order valence-corrected chi connectivity index (χ1v) is 6.97. The molecule has 3 heteroatoms. The molecule has 0 spiro atoms. The number of hydrogen-bond donors (Lipinski definition) is 0. The Morgan fingerprint density at radius 3 is 2.09 bits per heavy atom. The van der Waals surface area contributed by atoms with Crippen LogP contribution in [0.2, 0.25) is 0 Å². The van der Waals surface area contributed by atoms with Crippen molar-refractivity contribution in [2.75, 3.05) is 0 Å². The van der Waals surface area contributed by atoms with Crippen molar-refractivity contribution in [1.82, 2.24) is 0 Å². The molecule has 0 aliphatic carbocycles. The topological polar surface area (TPSA) is 0 Å². The van der Waals surface area contributed by atoms with E-state index in [0.29, 0.717) is 0 Å². The van der Waals surface area contributed by atoms with Gasteiger partial charge in [-0.05, 0) is 16.3 Å². The Morgan fingerprint density at radius 1 is 0.696 bits per heavy atom. The van der Waals surface area contributed by atoms with Gasteiger partial charge in [-0.15, -0.1) is 59.3 Å². The molecule has 0 aromatic heterocycles. The molecule has 0 bridgehead atoms. The van der Waals surface area contributed by atoms with Gasteiger partial charge in [-0.3, -0.25) is 0 Å². The minimum absolute atomic E-state index is 0. The molecule has 0 saturated carbocycles. The third-order valence-electron chi connectivity index (χ3n) is 3.97. The zero-order chi connectivity index (χ0) is 13.5. The fourth-order valence-electron chi connectivity index (χ4n) is 3.08. The fourth-order valence-corrected chi connectivity index (χ4v) is 3.08. The van der Waals surface area contributed by atoms with Crippen LogP contribution in [0.3, 0.4) is 0 Å². The molecule has 0 atom stereocenters. The van der Waals surface area contributed by atoms with E-state index < -0.39 is 0 Å². The zero-order valence-corrected chi connectivity index (χ0v) is 18.0. The monoisotopic (exact) mass is 507 g/mol. The zero-order valence-electron chi connectivity index (χ0n) is 12.7. The number of rotatable bonds is 1. The molecule has 0 aliphatic rings. The van der Waals surface area contributed by atoms with E-state index in [0.717, 1.165) is 0 Å². The molecule has 116 valence electrons. The molecular weight excluding hydrogens is 490 g/mol. The van der Waals surface area contributed by atoms with E-state index in [4.69, 9.17) is 0 Å². The van der Waals surface area contributed by atoms with E-state index in [1.165, 1.54) is 38.2 Å². The third-order valence-corrected chi connectivity index (χ3v) is 3.97. The summed E-state index contributed by atoms with van der Waals surface area (Å²) in [5, 5.41) is 5.29. The van der Waals surface area contributed by atoms with Gasteiger partial charge in [0.05, 0.1) is 0 Å². The summed E-state index contributed by atoms with van der Waals surface area (Å²) in [6.45, 7) is 2.16. The summed E-state index contributed by atoms with van der Waals surface area (Å²) in [5.74, 6) is 0. The second kappa shape index (κ2) is 8.19. The smallest absolute Gasteiger partial charge is 0 e. The fraction of sp³-hybridized carbons (Fsp3) is 0.0500. The predicted molar refractivity (Wildman–Crippen MR) is 102 cm³/mol. The van der Waals surface area contributed by atoms with Crippen molar-refractivity contribution < 1.29 is 25.8 Å². The maximum absolute atomic E-state index is 2.28. The Bertz CT molecular complexity index is 920. The Balaban J connectivity index is 0.000000882. The summed E-state index contributed by atoms with van der Waals surface area (Å²) >= 11 is 0. The molecule has 0 fully saturated rings. The second-order valence-electron chi connectivity index (χ2n) is 5.37. The minimum atomic E-state index is 0. The van der Waals surface area contributed by atoms with E-state index in [-0.39, 0.29) is 50.7 Å². The Kier molecular flexibility index (Phi) is 7.13. The van der Waals surface area contributed by atoms with Crippen LogP contribution in [0.25, 0.3) is 32.7 Å². The first-order chi connectivity index (χ1) is 9.83. The van der Waals surface area contributed by atoms with Crippen LogP contribution in [0.15, 0.2) is 72.8 Å². The molecule has 0 saturated heterocycles. The molecule has 4 rings (SSSR count). The Hall–Kier alpha value is -1.02. The molecule has 0 aliphatic heterocycles. The van der Waals surface area contributed by atoms with Crippen molar-refractivity contribution in [3.05, 3.63) is 78.4 Å². The van der Waals surface area contributed by atoms with Gasteiger partial charge in [0, 0.05) is 25.8 Å². The predicted octanol–water partition coefficient (Wildman–Crippen LogP) is 6.53. The van der Waals surface area contributed by atoms with Crippen molar-refractivity contribution >= 4 is 46.4 Å². The number of aryl methyl sites for hydroxylation is 1. The second-order valence-corrected chi connectivity index (χ2v) is 5.37. The van der Waals surface area contributed by atoms with Crippen LogP contribution >= 0.6 is 24.8 Å². The van der Waals surface area contributed by atoms with Gasteiger partial charge in [0.25, 0.3) is 0 Å². The number of hydrogen-bond acceptors (Lipinski definition) is 0. The van der Waals surface area contributed by atoms with Gasteiger partial charge in [-0.25, -0.2) is 0 Å². The van der Waals surface area contributed by atoms with E-state index >= 15 is 0 Å². The molecule has 0 heterocycles. The summed E-state index contributed by atoms with van der Waals surface area (Å²) in [7, 11) is 0. The molecule has 0 N–H and O–H groups in total. The van der Waals surface area contributed by atoms with Crippen LogP contribution in [-0.2, 0) is 25.8 Å². The molecule has 0 nitrogen and oxygen atoms in total. The minimum Gasteiger partial charge on any atom is -0.165 e. The average Bonchev–Trinajstić information content (AvgIpc) is 2.87. The van der Waals surface area contributed by atoms with Crippen LogP contribution in [-0.4, -0.2) is 0 Å². The molecular formula is C20H17Cl2Hf-. The van der Waals surface area contributed by atoms with E-state index in [1.807, 2.05) is 0 Å². The van der Waals surface area contributed by atoms with Crippen molar-refractivity contribution in [3.63, 3.8) is 0 Å². The normalized spacial score (nSPS) is 9.78. The molecule has 4 aromatic rings. The Labute approximate surface area is 167 Å². The summed E-state index contributed by atoms with van der Waals surface area (Å²) in [6, 6.07) is 26.2. The molecule has 0 radical (unpaired) electrons. The van der Waals surface area contributed by atoms with Crippen molar-refractivity contribution in [2.24, 2.45) is 0 Å². The molecule has 0 amide bonds. The van der Waals surface area contributed by atoms with Crippen LogP contribution in [0.4, 0.5) is 0 Å². The van der Waals surface area contributed by atoms with Gasteiger partial charge in [-0.2, -0.15) is 6.07 Å². The number of halogens is 2. The van der Waals surface area contributed by atoms with Crippen molar-refractivity contribution in [2.45, 2.75) is 6.92 Å². The van der Waals surface area contributed by atoms with Gasteiger partial charge in [-0.1, -0.05) is 61.0 Å². The van der Waals surface area contributed by atoms with Crippen LogP contribution in [0.5, 0.6) is 0 Å². The molecule has 4 aromatic carbocycles. The summed E-state index contributed by atoms with van der Waals surface area (Å²) in [4.78, 5) is 0. The van der Waals surface area contributed by atoms with E-state index in [9.17, 15) is 0 Å². The van der Waals surface area contributed by atoms with Gasteiger partial charge >= 0.3 is 0 Å². The SMILES string of the molecule is Cc1cc2c(-c3cccc4ccccc34)cccc2[cH-]1.Cl.Cl.[Hf]. The van der Waals surface area contributed by atoms with Gasteiger partial charge in [0.2, 0.25) is 0 Å². The molecule has 23 heavy (non-hydrogen) atoms. The van der Waals surface area contributed by atoms with Gasteiger partial charge in [0.15, 0.2) is 0 Å². The van der Waals surface area contributed by atoms with Crippen LogP contribution in [0, 0.1) is 6.92 Å². The molecule has 0 unspecified atom stereocenters. The van der Waals surface area contributed by atoms with E-state index in [1.54, 1.807) is 0 Å².